The highest BCUT2D eigenvalue weighted by atomic mass is 19.4. The van der Waals surface area contributed by atoms with Crippen LogP contribution >= 0.6 is 0 Å². The van der Waals surface area contributed by atoms with Crippen LogP contribution in [0.15, 0.2) is 30.3 Å². The highest BCUT2D eigenvalue weighted by Gasteiger charge is 2.54. The molecule has 5 rings (SSSR count). The van der Waals surface area contributed by atoms with Crippen molar-refractivity contribution in [1.29, 1.82) is 0 Å². The van der Waals surface area contributed by atoms with Gasteiger partial charge >= 0.3 is 18.3 Å². The molecule has 4 nitrogen and oxygen atoms in total. The van der Waals surface area contributed by atoms with Gasteiger partial charge in [0.25, 0.3) is 0 Å². The molecule has 0 aromatic heterocycles. The van der Waals surface area contributed by atoms with Crippen molar-refractivity contribution in [3.8, 4) is 5.75 Å². The Morgan fingerprint density at radius 1 is 0.917 bits per heavy atom. The molecule has 0 bridgehead atoms. The van der Waals surface area contributed by atoms with Gasteiger partial charge in [0, 0.05) is 12.3 Å². The van der Waals surface area contributed by atoms with E-state index in [1.807, 2.05) is 6.92 Å². The predicted molar refractivity (Wildman–Crippen MR) is 170 cm³/mol. The molecule has 6 atom stereocenters. The summed E-state index contributed by atoms with van der Waals surface area (Å²) in [6.45, 7) is 11.5. The SMILES string of the molecule is COc1c(C(C)C)ccc2c1CC[C@H]1[C@H](C(=O)O[C@H]3C[C@H](C)CC[C@H]3C(C)(C)c3cc(C(F)(F)F)cc(C(F)(F)F)c3)C(=O)CC[C@]21C. The lowest BCUT2D eigenvalue weighted by Gasteiger charge is -2.50. The normalized spacial score (nSPS) is 28.1. The van der Waals surface area contributed by atoms with Crippen LogP contribution in [0.2, 0.25) is 0 Å². The molecule has 2 aromatic rings. The summed E-state index contributed by atoms with van der Waals surface area (Å²) in [5.74, 6) is -1.54. The summed E-state index contributed by atoms with van der Waals surface area (Å²) in [6, 6.07) is 5.85. The number of methoxy groups -OCH3 is 1. The molecule has 3 aliphatic carbocycles. The van der Waals surface area contributed by atoms with Crippen molar-refractivity contribution >= 4 is 11.8 Å². The summed E-state index contributed by atoms with van der Waals surface area (Å²) in [5, 5.41) is 0. The van der Waals surface area contributed by atoms with E-state index in [1.54, 1.807) is 21.0 Å². The van der Waals surface area contributed by atoms with E-state index in [2.05, 4.69) is 32.9 Å². The van der Waals surface area contributed by atoms with E-state index in [1.165, 1.54) is 0 Å². The highest BCUT2D eigenvalue weighted by molar-refractivity contribution is 6.00. The zero-order valence-electron chi connectivity index (χ0n) is 28.7. The quantitative estimate of drug-likeness (QED) is 0.173. The minimum absolute atomic E-state index is 0.110. The van der Waals surface area contributed by atoms with Crippen molar-refractivity contribution in [2.45, 2.75) is 122 Å². The van der Waals surface area contributed by atoms with E-state index in [0.29, 0.717) is 38.5 Å². The van der Waals surface area contributed by atoms with Crippen LogP contribution in [-0.4, -0.2) is 25.0 Å². The van der Waals surface area contributed by atoms with Gasteiger partial charge in [0.15, 0.2) is 0 Å². The minimum Gasteiger partial charge on any atom is -0.496 e. The third-order valence-electron chi connectivity index (χ3n) is 11.7. The van der Waals surface area contributed by atoms with Crippen LogP contribution in [-0.2, 0) is 43.9 Å². The van der Waals surface area contributed by atoms with Crippen LogP contribution < -0.4 is 4.74 Å². The van der Waals surface area contributed by atoms with E-state index in [-0.39, 0.29) is 41.6 Å². The molecule has 0 radical (unpaired) electrons. The van der Waals surface area contributed by atoms with Gasteiger partial charge in [-0.05, 0) is 101 Å². The van der Waals surface area contributed by atoms with Crippen LogP contribution in [0.1, 0.15) is 119 Å². The van der Waals surface area contributed by atoms with Crippen molar-refractivity contribution in [2.75, 3.05) is 7.11 Å². The second-order valence-corrected chi connectivity index (χ2v) is 15.4. The van der Waals surface area contributed by atoms with Crippen molar-refractivity contribution in [2.24, 2.45) is 23.7 Å². The Morgan fingerprint density at radius 3 is 2.08 bits per heavy atom. The number of halogens is 6. The molecule has 0 aliphatic heterocycles. The van der Waals surface area contributed by atoms with E-state index in [4.69, 9.17) is 9.47 Å². The summed E-state index contributed by atoms with van der Waals surface area (Å²) >= 11 is 0. The van der Waals surface area contributed by atoms with E-state index in [0.717, 1.165) is 34.6 Å². The first-order valence-electron chi connectivity index (χ1n) is 16.9. The highest BCUT2D eigenvalue weighted by Crippen LogP contribution is 2.54. The third kappa shape index (κ3) is 6.49. The first kappa shape index (κ1) is 36.2. The molecular weight excluding hydrogens is 634 g/mol. The lowest BCUT2D eigenvalue weighted by atomic mass is 9.54. The first-order chi connectivity index (χ1) is 22.2. The Balaban J connectivity index is 1.48. The standard InChI is InChI=1S/C38H46F6O4/c1-20(2)25-9-12-27-26(33(25)47-7)10-13-29-32(30(45)14-15-36(27,29)6)34(46)48-31-16-21(3)8-11-28(31)35(4,5)22-17-23(37(39,40)41)19-24(18-22)38(42,43)44/h9,12,17-21,28-29,31-32H,8,10-11,13-16H2,1-7H3/t21-,28-,29+,31+,32+,36-/m1/s1. The molecule has 0 N–H and O–H groups in total. The summed E-state index contributed by atoms with van der Waals surface area (Å²) in [6.07, 6.45) is -7.26. The van der Waals surface area contributed by atoms with Crippen LogP contribution in [0.3, 0.4) is 0 Å². The van der Waals surface area contributed by atoms with Crippen LogP contribution in [0, 0.1) is 23.7 Å². The molecule has 2 saturated carbocycles. The number of carbonyl (C=O) groups excluding carboxylic acids is 2. The number of rotatable bonds is 6. The second-order valence-electron chi connectivity index (χ2n) is 15.4. The molecule has 3 aliphatic rings. The fourth-order valence-electron chi connectivity index (χ4n) is 8.90. The number of hydrogen-bond acceptors (Lipinski definition) is 4. The predicted octanol–water partition coefficient (Wildman–Crippen LogP) is 9.98. The molecule has 10 heteroatoms. The Hall–Kier alpha value is -3.04. The zero-order chi connectivity index (χ0) is 35.6. The molecule has 264 valence electrons. The van der Waals surface area contributed by atoms with Crippen molar-refractivity contribution in [3.63, 3.8) is 0 Å². The fourth-order valence-corrected chi connectivity index (χ4v) is 8.90. The van der Waals surface area contributed by atoms with Gasteiger partial charge in [-0.15, -0.1) is 0 Å². The largest absolute Gasteiger partial charge is 0.496 e. The van der Waals surface area contributed by atoms with E-state index in [9.17, 15) is 35.9 Å². The maximum atomic E-state index is 14.2. The van der Waals surface area contributed by atoms with Gasteiger partial charge in [0.2, 0.25) is 0 Å². The Morgan fingerprint density at radius 2 is 1.52 bits per heavy atom. The summed E-state index contributed by atoms with van der Waals surface area (Å²) in [7, 11) is 1.66. The third-order valence-corrected chi connectivity index (χ3v) is 11.7. The number of fused-ring (bicyclic) bond motifs is 3. The second kappa shape index (κ2) is 12.7. The van der Waals surface area contributed by atoms with Crippen LogP contribution in [0.5, 0.6) is 5.75 Å². The maximum absolute atomic E-state index is 14.2. The van der Waals surface area contributed by atoms with E-state index < -0.39 is 58.2 Å². The number of carbonyl (C=O) groups is 2. The van der Waals surface area contributed by atoms with Gasteiger partial charge in [-0.2, -0.15) is 26.3 Å². The summed E-state index contributed by atoms with van der Waals surface area (Å²) in [5.41, 5.74) is -1.30. The Kier molecular flexibility index (Phi) is 9.58. The van der Waals surface area contributed by atoms with Crippen LogP contribution in [0.25, 0.3) is 0 Å². The molecule has 0 heterocycles. The van der Waals surface area contributed by atoms with Crippen molar-refractivity contribution in [1.82, 2.24) is 0 Å². The average Bonchev–Trinajstić information content (AvgIpc) is 2.99. The molecule has 0 spiro atoms. The molecule has 2 fully saturated rings. The topological polar surface area (TPSA) is 52.6 Å². The number of benzene rings is 2. The van der Waals surface area contributed by atoms with Gasteiger partial charge in [-0.3, -0.25) is 9.59 Å². The summed E-state index contributed by atoms with van der Waals surface area (Å²) < 4.78 is 94.9. The van der Waals surface area contributed by atoms with Gasteiger partial charge in [-0.1, -0.05) is 60.1 Å². The number of esters is 1. The minimum atomic E-state index is -4.98. The molecule has 2 aromatic carbocycles. The number of hydrogen-bond donors (Lipinski definition) is 0. The van der Waals surface area contributed by atoms with Gasteiger partial charge in [0.1, 0.15) is 23.6 Å². The number of alkyl halides is 6. The Bertz CT molecular complexity index is 1530. The molecular formula is C38H46F6O4. The molecule has 0 saturated heterocycles. The smallest absolute Gasteiger partial charge is 0.416 e. The molecule has 48 heavy (non-hydrogen) atoms. The number of Topliss-reactive ketones (excluding diaryl/α,β-unsaturated/α-hetero) is 1. The first-order valence-corrected chi connectivity index (χ1v) is 16.9. The fraction of sp³-hybridized carbons (Fsp3) is 0.632. The van der Waals surface area contributed by atoms with Gasteiger partial charge < -0.3 is 9.47 Å². The lowest BCUT2D eigenvalue weighted by Crippen LogP contribution is -2.52. The summed E-state index contributed by atoms with van der Waals surface area (Å²) in [4.78, 5) is 27.7. The molecule has 0 amide bonds. The van der Waals surface area contributed by atoms with Gasteiger partial charge in [0.05, 0.1) is 18.2 Å². The maximum Gasteiger partial charge on any atom is 0.416 e. The Labute approximate surface area is 279 Å². The van der Waals surface area contributed by atoms with E-state index >= 15 is 0 Å². The van der Waals surface area contributed by atoms with Crippen molar-refractivity contribution < 1.29 is 45.4 Å². The zero-order valence-corrected chi connectivity index (χ0v) is 28.7. The number of ether oxygens (including phenoxy) is 2. The number of ketones is 1. The molecule has 0 unspecified atom stereocenters. The lowest BCUT2D eigenvalue weighted by molar-refractivity contribution is -0.169. The van der Waals surface area contributed by atoms with Gasteiger partial charge in [-0.25, -0.2) is 0 Å². The monoisotopic (exact) mass is 680 g/mol. The van der Waals surface area contributed by atoms with Crippen molar-refractivity contribution in [3.05, 3.63) is 63.7 Å². The van der Waals surface area contributed by atoms with Crippen LogP contribution in [0.4, 0.5) is 26.3 Å². The average molecular weight is 681 g/mol.